The molecule has 4 aromatic rings. The van der Waals surface area contributed by atoms with Crippen LogP contribution in [0.2, 0.25) is 0 Å². The molecule has 0 unspecified atom stereocenters. The van der Waals surface area contributed by atoms with E-state index in [2.05, 4.69) is 42.2 Å². The molecule has 3 aromatic carbocycles. The summed E-state index contributed by atoms with van der Waals surface area (Å²) in [6.07, 6.45) is 13.1. The molecule has 0 fully saturated rings. The highest BCUT2D eigenvalue weighted by Crippen LogP contribution is 2.18. The van der Waals surface area contributed by atoms with Gasteiger partial charge in [-0.3, -0.25) is 14.6 Å². The monoisotopic (exact) mass is 535 g/mol. The van der Waals surface area contributed by atoms with E-state index in [0.29, 0.717) is 18.5 Å². The fourth-order valence-electron chi connectivity index (χ4n) is 3.95. The molecule has 1 heterocycles. The minimum atomic E-state index is -0.338. The first-order valence-corrected chi connectivity index (χ1v) is 13.0. The van der Waals surface area contributed by atoms with Crippen molar-refractivity contribution in [2.75, 3.05) is 7.11 Å². The van der Waals surface area contributed by atoms with Crippen molar-refractivity contribution < 1.29 is 14.3 Å². The van der Waals surface area contributed by atoms with Gasteiger partial charge in [0.2, 0.25) is 0 Å². The van der Waals surface area contributed by atoms with Crippen LogP contribution in [-0.2, 0) is 22.5 Å². The van der Waals surface area contributed by atoms with E-state index in [1.165, 1.54) is 18.2 Å². The third kappa shape index (κ3) is 10.9. The van der Waals surface area contributed by atoms with Crippen molar-refractivity contribution in [1.82, 2.24) is 10.3 Å². The summed E-state index contributed by atoms with van der Waals surface area (Å²) in [4.78, 5) is 28.6. The van der Waals surface area contributed by atoms with Crippen LogP contribution in [0.15, 0.2) is 103 Å². The van der Waals surface area contributed by atoms with Crippen molar-refractivity contribution in [1.29, 1.82) is 0 Å². The lowest BCUT2D eigenvalue weighted by atomic mass is 10.0. The molecular weight excluding hydrogens is 498 g/mol. The first kappa shape index (κ1) is 31.5. The Kier molecular flexibility index (Phi) is 13.9. The number of methoxy groups -OCH3 is 1. The Morgan fingerprint density at radius 3 is 2.17 bits per heavy atom. The Labute approximate surface area is 237 Å². The summed E-state index contributed by atoms with van der Waals surface area (Å²) in [5.41, 5.74) is 11.6. The number of carbonyl (C=O) groups is 2. The van der Waals surface area contributed by atoms with E-state index in [1.54, 1.807) is 24.5 Å². The molecule has 206 valence electrons. The van der Waals surface area contributed by atoms with Gasteiger partial charge in [-0.05, 0) is 60.2 Å². The third-order valence-corrected chi connectivity index (χ3v) is 6.06. The molecule has 0 spiro atoms. The molecule has 6 nitrogen and oxygen atoms in total. The fraction of sp³-hybridized carbons (Fsp3) is 0.206. The maximum atomic E-state index is 12.7. The zero-order chi connectivity index (χ0) is 29.2. The lowest BCUT2D eigenvalue weighted by Gasteiger charge is -2.18. The van der Waals surface area contributed by atoms with Gasteiger partial charge in [0.05, 0.1) is 13.5 Å². The Morgan fingerprint density at radius 1 is 0.900 bits per heavy atom. The first-order chi connectivity index (χ1) is 19.5. The highest BCUT2D eigenvalue weighted by molar-refractivity contribution is 5.95. The molecule has 0 bridgehead atoms. The number of aryl methyl sites for hydroxylation is 2. The SMILES string of the molecule is C#C.COC(=O)C[C@@H](CCc1ccccc1)NC(=O)c1ccc(-c2cccnc2)cc1.Cc1cccc(CN)c1. The second-order valence-corrected chi connectivity index (χ2v) is 8.99. The van der Waals surface area contributed by atoms with E-state index >= 15 is 0 Å². The van der Waals surface area contributed by atoms with Gasteiger partial charge in [-0.15, -0.1) is 12.8 Å². The summed E-state index contributed by atoms with van der Waals surface area (Å²) in [5.74, 6) is -0.542. The smallest absolute Gasteiger partial charge is 0.307 e. The summed E-state index contributed by atoms with van der Waals surface area (Å²) in [6.45, 7) is 2.71. The molecule has 1 amide bonds. The summed E-state index contributed by atoms with van der Waals surface area (Å²) >= 11 is 0. The summed E-state index contributed by atoms with van der Waals surface area (Å²) < 4.78 is 4.79. The van der Waals surface area contributed by atoms with Gasteiger partial charge in [0.15, 0.2) is 0 Å². The lowest BCUT2D eigenvalue weighted by Crippen LogP contribution is -2.37. The van der Waals surface area contributed by atoms with Crippen molar-refractivity contribution in [3.05, 3.63) is 126 Å². The molecule has 1 aromatic heterocycles. The number of pyridine rings is 1. The first-order valence-electron chi connectivity index (χ1n) is 13.0. The zero-order valence-electron chi connectivity index (χ0n) is 23.1. The molecule has 0 aliphatic rings. The van der Waals surface area contributed by atoms with E-state index in [0.717, 1.165) is 23.1 Å². The van der Waals surface area contributed by atoms with Crippen molar-refractivity contribution in [2.45, 2.75) is 38.8 Å². The molecule has 1 atom stereocenters. The zero-order valence-corrected chi connectivity index (χ0v) is 23.1. The molecule has 0 aliphatic carbocycles. The van der Waals surface area contributed by atoms with Crippen LogP contribution >= 0.6 is 0 Å². The molecule has 4 rings (SSSR count). The van der Waals surface area contributed by atoms with Crippen LogP contribution in [0.4, 0.5) is 0 Å². The van der Waals surface area contributed by atoms with Crippen LogP contribution in [0.25, 0.3) is 11.1 Å². The number of nitrogens with two attached hydrogens (primary N) is 1. The van der Waals surface area contributed by atoms with Crippen molar-refractivity contribution in [2.24, 2.45) is 5.73 Å². The maximum Gasteiger partial charge on any atom is 0.307 e. The van der Waals surface area contributed by atoms with Crippen LogP contribution in [0.5, 0.6) is 0 Å². The number of hydrogen-bond acceptors (Lipinski definition) is 5. The fourth-order valence-corrected chi connectivity index (χ4v) is 3.95. The van der Waals surface area contributed by atoms with Gasteiger partial charge in [0.1, 0.15) is 0 Å². The highest BCUT2D eigenvalue weighted by atomic mass is 16.5. The Balaban J connectivity index is 0.000000428. The number of ether oxygens (including phenoxy) is 1. The normalized spacial score (nSPS) is 10.5. The van der Waals surface area contributed by atoms with E-state index in [4.69, 9.17) is 10.5 Å². The summed E-state index contributed by atoms with van der Waals surface area (Å²) in [6, 6.07) is 29.1. The topological polar surface area (TPSA) is 94.3 Å². The second-order valence-electron chi connectivity index (χ2n) is 8.99. The second kappa shape index (κ2) is 17.7. The number of benzene rings is 3. The largest absolute Gasteiger partial charge is 0.469 e. The van der Waals surface area contributed by atoms with E-state index in [9.17, 15) is 9.59 Å². The number of carbonyl (C=O) groups excluding carboxylic acids is 2. The predicted molar refractivity (Wildman–Crippen MR) is 161 cm³/mol. The molecule has 0 saturated heterocycles. The van der Waals surface area contributed by atoms with Gasteiger partial charge in [0, 0.05) is 30.5 Å². The molecule has 0 aliphatic heterocycles. The quantitative estimate of drug-likeness (QED) is 0.210. The number of terminal acetylenes is 1. The number of amides is 1. The van der Waals surface area contributed by atoms with Crippen molar-refractivity contribution in [3.8, 4) is 24.0 Å². The molecule has 40 heavy (non-hydrogen) atoms. The number of aromatic nitrogens is 1. The van der Waals surface area contributed by atoms with E-state index < -0.39 is 0 Å². The standard InChI is InChI=1S/C24H24N2O3.C8H11N.C2H2/c1-29-23(27)16-22(14-9-18-6-3-2-4-7-18)26-24(28)20-12-10-19(11-13-20)21-8-5-15-25-17-21;1-7-3-2-4-8(5-7)6-9;1-2/h2-8,10-13,15,17,22H,9,14,16H2,1H3,(H,26,28);2-5H,6,9H2,1H3;1-2H/t22-;;/m1../s1. The molecule has 0 saturated carbocycles. The van der Waals surface area contributed by atoms with Crippen LogP contribution in [-0.4, -0.2) is 30.0 Å². The van der Waals surface area contributed by atoms with Gasteiger partial charge in [-0.1, -0.05) is 78.4 Å². The number of nitrogens with one attached hydrogen (secondary N) is 1. The van der Waals surface area contributed by atoms with Gasteiger partial charge in [-0.25, -0.2) is 0 Å². The van der Waals surface area contributed by atoms with Gasteiger partial charge in [-0.2, -0.15) is 0 Å². The Bertz CT molecular complexity index is 1320. The molecule has 0 radical (unpaired) electrons. The van der Waals surface area contributed by atoms with E-state index in [-0.39, 0.29) is 24.3 Å². The Morgan fingerprint density at radius 2 is 1.60 bits per heavy atom. The molecular formula is C34H37N3O3. The van der Waals surface area contributed by atoms with Gasteiger partial charge in [0.25, 0.3) is 5.91 Å². The van der Waals surface area contributed by atoms with Crippen molar-refractivity contribution in [3.63, 3.8) is 0 Å². The predicted octanol–water partition coefficient (Wildman–Crippen LogP) is 5.75. The number of hydrogen-bond donors (Lipinski definition) is 2. The molecule has 6 heteroatoms. The average Bonchev–Trinajstić information content (AvgIpc) is 3.02. The van der Waals surface area contributed by atoms with Crippen LogP contribution in [0, 0.1) is 19.8 Å². The van der Waals surface area contributed by atoms with Gasteiger partial charge >= 0.3 is 5.97 Å². The lowest BCUT2D eigenvalue weighted by molar-refractivity contribution is -0.141. The van der Waals surface area contributed by atoms with Crippen LogP contribution in [0.3, 0.4) is 0 Å². The number of nitrogens with zero attached hydrogens (tertiary/aromatic N) is 1. The van der Waals surface area contributed by atoms with Crippen LogP contribution < -0.4 is 11.1 Å². The minimum Gasteiger partial charge on any atom is -0.469 e. The number of esters is 1. The minimum absolute atomic E-state index is 0.142. The average molecular weight is 536 g/mol. The van der Waals surface area contributed by atoms with Crippen molar-refractivity contribution >= 4 is 11.9 Å². The summed E-state index contributed by atoms with van der Waals surface area (Å²) in [7, 11) is 1.36. The van der Waals surface area contributed by atoms with E-state index in [1.807, 2.05) is 66.7 Å². The Hall–Kier alpha value is -4.73. The summed E-state index contributed by atoms with van der Waals surface area (Å²) in [5, 5.41) is 2.98. The number of rotatable bonds is 9. The third-order valence-electron chi connectivity index (χ3n) is 6.06. The van der Waals surface area contributed by atoms with Gasteiger partial charge < -0.3 is 15.8 Å². The molecule has 3 N–H and O–H groups in total. The van der Waals surface area contributed by atoms with Crippen LogP contribution in [0.1, 0.15) is 39.9 Å². The highest BCUT2D eigenvalue weighted by Gasteiger charge is 2.18. The maximum absolute atomic E-state index is 12.7.